The molecule has 1 aromatic heterocycles. The molecule has 2 aromatic rings. The molecule has 3 rings (SSSR count). The maximum Gasteiger partial charge on any atom is 0.246 e. The fourth-order valence-electron chi connectivity index (χ4n) is 1.93. The molecule has 0 saturated heterocycles. The molecule has 0 atom stereocenters. The maximum absolute atomic E-state index is 11.9. The maximum atomic E-state index is 11.9. The topological polar surface area (TPSA) is 68.0 Å². The molecule has 1 aliphatic rings. The van der Waals surface area contributed by atoms with Crippen LogP contribution in [-0.4, -0.2) is 16.4 Å². The van der Waals surface area contributed by atoms with Crippen molar-refractivity contribution in [2.45, 2.75) is 24.8 Å². The van der Waals surface area contributed by atoms with Crippen LogP contribution in [0.3, 0.4) is 0 Å². The molecule has 6 heteroatoms. The number of anilines is 1. The van der Waals surface area contributed by atoms with E-state index in [-0.39, 0.29) is 18.3 Å². The van der Waals surface area contributed by atoms with Gasteiger partial charge in [-0.1, -0.05) is 23.5 Å². The van der Waals surface area contributed by atoms with Gasteiger partial charge in [-0.25, -0.2) is 4.98 Å². The number of hydrogen-bond acceptors (Lipinski definition) is 4. The molecule has 18 heavy (non-hydrogen) atoms. The number of hydrogen-bond donors (Lipinski definition) is 2. The van der Waals surface area contributed by atoms with E-state index in [0.29, 0.717) is 5.13 Å². The summed E-state index contributed by atoms with van der Waals surface area (Å²) in [5.41, 5.74) is 6.19. The zero-order valence-corrected chi connectivity index (χ0v) is 11.3. The van der Waals surface area contributed by atoms with E-state index in [4.69, 9.17) is 5.73 Å². The number of aromatic nitrogens is 1. The van der Waals surface area contributed by atoms with E-state index in [1.165, 1.54) is 11.3 Å². The van der Waals surface area contributed by atoms with Gasteiger partial charge in [0.1, 0.15) is 0 Å². The summed E-state index contributed by atoms with van der Waals surface area (Å²) in [6.07, 6.45) is 2.57. The summed E-state index contributed by atoms with van der Waals surface area (Å²) in [4.78, 5) is 16.3. The Labute approximate surface area is 115 Å². The van der Waals surface area contributed by atoms with Gasteiger partial charge in [-0.2, -0.15) is 0 Å². The molecule has 3 N–H and O–H groups in total. The number of carbonyl (C=O) groups excluding carboxylic acids is 1. The third-order valence-electron chi connectivity index (χ3n) is 3.21. The summed E-state index contributed by atoms with van der Waals surface area (Å²) in [7, 11) is 0. The first-order chi connectivity index (χ1) is 8.17. The number of nitrogens with zero attached hydrogens (tertiary/aromatic N) is 1. The lowest BCUT2D eigenvalue weighted by Crippen LogP contribution is -2.56. The second-order valence-corrected chi connectivity index (χ2v) is 5.48. The normalized spacial score (nSPS) is 16.7. The van der Waals surface area contributed by atoms with Crippen LogP contribution in [0, 0.1) is 0 Å². The van der Waals surface area contributed by atoms with E-state index >= 15 is 0 Å². The van der Waals surface area contributed by atoms with Crippen LogP contribution in [0.15, 0.2) is 24.3 Å². The van der Waals surface area contributed by atoms with E-state index in [0.717, 1.165) is 29.5 Å². The third-order valence-corrected chi connectivity index (χ3v) is 4.16. The molecule has 1 aromatic carbocycles. The molecule has 1 saturated carbocycles. The highest BCUT2D eigenvalue weighted by Gasteiger charge is 2.40. The molecule has 1 heterocycles. The van der Waals surface area contributed by atoms with Crippen molar-refractivity contribution in [1.82, 2.24) is 4.98 Å². The Bertz CT molecular complexity index is 546. The van der Waals surface area contributed by atoms with E-state index in [1.54, 1.807) is 0 Å². The first kappa shape index (κ1) is 13.3. The first-order valence-electron chi connectivity index (χ1n) is 5.63. The number of nitrogens with two attached hydrogens (primary N) is 1. The zero-order chi connectivity index (χ0) is 11.9. The van der Waals surface area contributed by atoms with E-state index < -0.39 is 5.54 Å². The minimum Gasteiger partial charge on any atom is -0.317 e. The lowest BCUT2D eigenvalue weighted by Gasteiger charge is -2.35. The van der Waals surface area contributed by atoms with Gasteiger partial charge in [0.2, 0.25) is 5.91 Å². The average Bonchev–Trinajstić information content (AvgIpc) is 2.67. The number of halogens is 1. The molecule has 0 spiro atoms. The molecule has 0 radical (unpaired) electrons. The largest absolute Gasteiger partial charge is 0.317 e. The summed E-state index contributed by atoms with van der Waals surface area (Å²) in [5, 5.41) is 3.45. The van der Waals surface area contributed by atoms with Crippen LogP contribution in [0.25, 0.3) is 10.2 Å². The molecule has 0 unspecified atom stereocenters. The summed E-state index contributed by atoms with van der Waals surface area (Å²) in [6, 6.07) is 7.82. The van der Waals surface area contributed by atoms with Gasteiger partial charge in [-0.3, -0.25) is 4.79 Å². The fraction of sp³-hybridized carbons (Fsp3) is 0.333. The van der Waals surface area contributed by atoms with Gasteiger partial charge in [-0.15, -0.1) is 12.4 Å². The van der Waals surface area contributed by atoms with E-state index in [9.17, 15) is 4.79 Å². The number of carbonyl (C=O) groups is 1. The smallest absolute Gasteiger partial charge is 0.246 e. The van der Waals surface area contributed by atoms with Crippen LogP contribution in [0.5, 0.6) is 0 Å². The second kappa shape index (κ2) is 4.84. The first-order valence-corrected chi connectivity index (χ1v) is 6.45. The Morgan fingerprint density at radius 1 is 1.39 bits per heavy atom. The Kier molecular flexibility index (Phi) is 3.56. The molecular formula is C12H14ClN3OS. The monoisotopic (exact) mass is 283 g/mol. The summed E-state index contributed by atoms with van der Waals surface area (Å²) in [6.45, 7) is 0. The Balaban J connectivity index is 0.00000120. The van der Waals surface area contributed by atoms with Crippen molar-refractivity contribution in [3.63, 3.8) is 0 Å². The van der Waals surface area contributed by atoms with Crippen molar-refractivity contribution in [1.29, 1.82) is 0 Å². The summed E-state index contributed by atoms with van der Waals surface area (Å²) < 4.78 is 1.07. The van der Waals surface area contributed by atoms with Crippen molar-refractivity contribution in [2.75, 3.05) is 5.32 Å². The molecule has 96 valence electrons. The number of rotatable bonds is 2. The number of benzene rings is 1. The van der Waals surface area contributed by atoms with Crippen molar-refractivity contribution in [3.05, 3.63) is 24.3 Å². The highest BCUT2D eigenvalue weighted by Crippen LogP contribution is 2.32. The molecule has 4 nitrogen and oxygen atoms in total. The van der Waals surface area contributed by atoms with Gasteiger partial charge in [0.25, 0.3) is 0 Å². The van der Waals surface area contributed by atoms with Crippen LogP contribution in [0.1, 0.15) is 19.3 Å². The number of nitrogens with one attached hydrogen (secondary N) is 1. The third kappa shape index (κ3) is 2.21. The van der Waals surface area contributed by atoms with Crippen LogP contribution < -0.4 is 11.1 Å². The predicted octanol–water partition coefficient (Wildman–Crippen LogP) is 2.54. The fourth-order valence-corrected chi connectivity index (χ4v) is 2.79. The lowest BCUT2D eigenvalue weighted by molar-refractivity contribution is -0.123. The summed E-state index contributed by atoms with van der Waals surface area (Å²) in [5.74, 6) is -0.109. The second-order valence-electron chi connectivity index (χ2n) is 4.45. The Morgan fingerprint density at radius 2 is 2.11 bits per heavy atom. The molecule has 1 amide bonds. The highest BCUT2D eigenvalue weighted by atomic mass is 35.5. The molecule has 1 fully saturated rings. The zero-order valence-electron chi connectivity index (χ0n) is 9.68. The number of thiazole rings is 1. The van der Waals surface area contributed by atoms with Crippen LogP contribution >= 0.6 is 23.7 Å². The molecule has 0 aliphatic heterocycles. The number of amides is 1. The van der Waals surface area contributed by atoms with Crippen molar-refractivity contribution in [3.8, 4) is 0 Å². The Morgan fingerprint density at radius 3 is 2.72 bits per heavy atom. The summed E-state index contributed by atoms with van der Waals surface area (Å²) >= 11 is 1.48. The SMILES string of the molecule is Cl.NC1(C(=O)Nc2nc3ccccc3s2)CCC1. The minimum absolute atomic E-state index is 0. The van der Waals surface area contributed by atoms with Crippen molar-refractivity contribution in [2.24, 2.45) is 5.73 Å². The van der Waals surface area contributed by atoms with Gasteiger partial charge >= 0.3 is 0 Å². The van der Waals surface area contributed by atoms with Gasteiger partial charge < -0.3 is 11.1 Å². The molecule has 0 bridgehead atoms. The molecule has 1 aliphatic carbocycles. The Hall–Kier alpha value is -1.17. The van der Waals surface area contributed by atoms with Crippen LogP contribution in [0.2, 0.25) is 0 Å². The van der Waals surface area contributed by atoms with E-state index in [1.807, 2.05) is 24.3 Å². The standard InChI is InChI=1S/C12H13N3OS.ClH/c13-12(6-3-7-12)10(16)15-11-14-8-4-1-2-5-9(8)17-11;/h1-2,4-5H,3,6-7,13H2,(H,14,15,16);1H. The molecular weight excluding hydrogens is 270 g/mol. The quantitative estimate of drug-likeness (QED) is 0.890. The lowest BCUT2D eigenvalue weighted by atomic mass is 9.77. The van der Waals surface area contributed by atoms with Gasteiger partial charge in [0, 0.05) is 0 Å². The minimum atomic E-state index is -0.669. The van der Waals surface area contributed by atoms with Gasteiger partial charge in [0.15, 0.2) is 5.13 Å². The predicted molar refractivity (Wildman–Crippen MR) is 76.3 cm³/mol. The highest BCUT2D eigenvalue weighted by molar-refractivity contribution is 7.22. The van der Waals surface area contributed by atoms with Gasteiger partial charge in [-0.05, 0) is 31.4 Å². The number of fused-ring (bicyclic) bond motifs is 1. The van der Waals surface area contributed by atoms with Crippen molar-refractivity contribution >= 4 is 45.0 Å². The van der Waals surface area contributed by atoms with E-state index in [2.05, 4.69) is 10.3 Å². The van der Waals surface area contributed by atoms with Crippen molar-refractivity contribution < 1.29 is 4.79 Å². The van der Waals surface area contributed by atoms with Gasteiger partial charge in [0.05, 0.1) is 15.8 Å². The average molecular weight is 284 g/mol. The van der Waals surface area contributed by atoms with Crippen LogP contribution in [-0.2, 0) is 4.79 Å². The number of para-hydroxylation sites is 1. The van der Waals surface area contributed by atoms with Crippen LogP contribution in [0.4, 0.5) is 5.13 Å².